The van der Waals surface area contributed by atoms with Crippen molar-refractivity contribution in [1.29, 1.82) is 0 Å². The SMILES string of the molecule is N[C@@H](CS)CN1CCN(C(=O)c2cccc3ccccc23)C[C@@H]1CCS. The number of nitrogens with two attached hydrogens (primary N) is 1. The van der Waals surface area contributed by atoms with Crippen LogP contribution in [0, 0.1) is 0 Å². The van der Waals surface area contributed by atoms with Gasteiger partial charge in [-0.3, -0.25) is 9.69 Å². The summed E-state index contributed by atoms with van der Waals surface area (Å²) >= 11 is 8.71. The summed E-state index contributed by atoms with van der Waals surface area (Å²) in [7, 11) is 0. The second kappa shape index (κ2) is 9.13. The normalized spacial score (nSPS) is 19.7. The van der Waals surface area contributed by atoms with Gasteiger partial charge in [0, 0.05) is 49.6 Å². The number of amides is 1. The Morgan fingerprint density at radius 1 is 1.15 bits per heavy atom. The maximum atomic E-state index is 13.2. The Kier molecular flexibility index (Phi) is 6.86. The fraction of sp³-hybridized carbons (Fsp3) is 0.450. The molecule has 0 aromatic heterocycles. The van der Waals surface area contributed by atoms with E-state index >= 15 is 0 Å². The summed E-state index contributed by atoms with van der Waals surface area (Å²) in [5.74, 6) is 1.58. The smallest absolute Gasteiger partial charge is 0.254 e. The van der Waals surface area contributed by atoms with E-state index in [0.717, 1.165) is 54.7 Å². The molecule has 0 radical (unpaired) electrons. The summed E-state index contributed by atoms with van der Waals surface area (Å²) in [6, 6.07) is 14.4. The van der Waals surface area contributed by atoms with Crippen LogP contribution < -0.4 is 5.73 Å². The molecule has 2 aromatic carbocycles. The zero-order chi connectivity index (χ0) is 18.5. The Balaban J connectivity index is 1.78. The molecule has 1 aliphatic rings. The molecule has 26 heavy (non-hydrogen) atoms. The highest BCUT2D eigenvalue weighted by atomic mass is 32.1. The van der Waals surface area contributed by atoms with Gasteiger partial charge in [0.15, 0.2) is 0 Å². The molecule has 2 atom stereocenters. The van der Waals surface area contributed by atoms with Gasteiger partial charge in [0.2, 0.25) is 0 Å². The average Bonchev–Trinajstić information content (AvgIpc) is 2.68. The van der Waals surface area contributed by atoms with E-state index in [9.17, 15) is 4.79 Å². The number of benzene rings is 2. The van der Waals surface area contributed by atoms with E-state index < -0.39 is 0 Å². The standard InChI is InChI=1S/C20H27N3OS2/c21-16(14-26)12-22-9-10-23(13-17(22)8-11-25)20(24)19-7-3-5-15-4-1-2-6-18(15)19/h1-7,16-17,25-26H,8-14,21H2/t16-,17+/m1/s1. The predicted octanol–water partition coefficient (Wildman–Crippen LogP) is 2.54. The van der Waals surface area contributed by atoms with Crippen molar-refractivity contribution in [3.8, 4) is 0 Å². The highest BCUT2D eigenvalue weighted by Gasteiger charge is 2.30. The Labute approximate surface area is 166 Å². The topological polar surface area (TPSA) is 49.6 Å². The van der Waals surface area contributed by atoms with Gasteiger partial charge in [-0.2, -0.15) is 25.3 Å². The van der Waals surface area contributed by atoms with E-state index in [1.807, 2.05) is 47.4 Å². The summed E-state index contributed by atoms with van der Waals surface area (Å²) in [6.07, 6.45) is 0.946. The van der Waals surface area contributed by atoms with Crippen molar-refractivity contribution >= 4 is 41.9 Å². The lowest BCUT2D eigenvalue weighted by Crippen LogP contribution is -2.57. The third kappa shape index (κ3) is 4.36. The van der Waals surface area contributed by atoms with Crippen LogP contribution in [0.2, 0.25) is 0 Å². The van der Waals surface area contributed by atoms with Gasteiger partial charge in [0.25, 0.3) is 5.91 Å². The third-order valence-electron chi connectivity index (χ3n) is 5.08. The van der Waals surface area contributed by atoms with Crippen LogP contribution in [0.5, 0.6) is 0 Å². The number of hydrogen-bond donors (Lipinski definition) is 3. The molecule has 1 amide bonds. The lowest BCUT2D eigenvalue weighted by atomic mass is 10.0. The van der Waals surface area contributed by atoms with Gasteiger partial charge in [0.05, 0.1) is 0 Å². The van der Waals surface area contributed by atoms with E-state index in [1.165, 1.54) is 0 Å². The van der Waals surface area contributed by atoms with Crippen LogP contribution in [0.15, 0.2) is 42.5 Å². The molecule has 0 unspecified atom stereocenters. The number of fused-ring (bicyclic) bond motifs is 1. The molecule has 140 valence electrons. The molecule has 4 nitrogen and oxygen atoms in total. The Bertz CT molecular complexity index is 749. The van der Waals surface area contributed by atoms with Crippen molar-refractivity contribution in [1.82, 2.24) is 9.80 Å². The van der Waals surface area contributed by atoms with Crippen molar-refractivity contribution in [2.24, 2.45) is 5.73 Å². The zero-order valence-electron chi connectivity index (χ0n) is 14.9. The lowest BCUT2D eigenvalue weighted by Gasteiger charge is -2.42. The minimum Gasteiger partial charge on any atom is -0.336 e. The summed E-state index contributed by atoms with van der Waals surface area (Å²) in [6.45, 7) is 3.11. The van der Waals surface area contributed by atoms with Gasteiger partial charge < -0.3 is 10.6 Å². The number of nitrogens with zero attached hydrogens (tertiary/aromatic N) is 2. The third-order valence-corrected chi connectivity index (χ3v) is 5.80. The average molecular weight is 390 g/mol. The highest BCUT2D eigenvalue weighted by molar-refractivity contribution is 7.80. The summed E-state index contributed by atoms with van der Waals surface area (Å²) in [5, 5.41) is 2.12. The number of carbonyl (C=O) groups is 1. The molecular weight excluding hydrogens is 362 g/mol. The summed E-state index contributed by atoms with van der Waals surface area (Å²) in [5.41, 5.74) is 6.88. The van der Waals surface area contributed by atoms with Gasteiger partial charge in [0.1, 0.15) is 0 Å². The molecular formula is C20H27N3OS2. The quantitative estimate of drug-likeness (QED) is 0.666. The van der Waals surface area contributed by atoms with Crippen LogP contribution in [-0.2, 0) is 0 Å². The molecule has 2 N–H and O–H groups in total. The van der Waals surface area contributed by atoms with Gasteiger partial charge in [-0.1, -0.05) is 36.4 Å². The molecule has 1 saturated heterocycles. The van der Waals surface area contributed by atoms with Gasteiger partial charge >= 0.3 is 0 Å². The van der Waals surface area contributed by atoms with Gasteiger partial charge in [-0.15, -0.1) is 0 Å². The lowest BCUT2D eigenvalue weighted by molar-refractivity contribution is 0.0468. The first-order valence-corrected chi connectivity index (χ1v) is 10.4. The number of hydrogen-bond acceptors (Lipinski definition) is 5. The van der Waals surface area contributed by atoms with Crippen LogP contribution in [0.4, 0.5) is 0 Å². The largest absolute Gasteiger partial charge is 0.336 e. The maximum absolute atomic E-state index is 13.2. The van der Waals surface area contributed by atoms with E-state index in [1.54, 1.807) is 0 Å². The first-order chi connectivity index (χ1) is 12.6. The van der Waals surface area contributed by atoms with E-state index in [0.29, 0.717) is 11.8 Å². The second-order valence-corrected chi connectivity index (χ2v) is 7.69. The molecule has 1 heterocycles. The molecule has 0 aliphatic carbocycles. The molecule has 6 heteroatoms. The van der Waals surface area contributed by atoms with Crippen LogP contribution in [-0.4, -0.2) is 65.5 Å². The van der Waals surface area contributed by atoms with Crippen molar-refractivity contribution in [3.05, 3.63) is 48.0 Å². The molecule has 3 rings (SSSR count). The van der Waals surface area contributed by atoms with Crippen molar-refractivity contribution < 1.29 is 4.79 Å². The van der Waals surface area contributed by atoms with E-state index in [2.05, 4.69) is 30.2 Å². The molecule has 1 fully saturated rings. The van der Waals surface area contributed by atoms with Crippen LogP contribution in [0.25, 0.3) is 10.8 Å². The van der Waals surface area contributed by atoms with Gasteiger partial charge in [-0.05, 0) is 29.0 Å². The van der Waals surface area contributed by atoms with Crippen molar-refractivity contribution in [2.75, 3.05) is 37.7 Å². The van der Waals surface area contributed by atoms with Crippen LogP contribution in [0.1, 0.15) is 16.8 Å². The summed E-state index contributed by atoms with van der Waals surface area (Å²) < 4.78 is 0. The van der Waals surface area contributed by atoms with Crippen molar-refractivity contribution in [3.63, 3.8) is 0 Å². The monoisotopic (exact) mass is 389 g/mol. The molecule has 0 spiro atoms. The number of thiol groups is 2. The first-order valence-electron chi connectivity index (χ1n) is 9.12. The minimum atomic E-state index is 0.0565. The zero-order valence-corrected chi connectivity index (χ0v) is 16.7. The Morgan fingerprint density at radius 3 is 2.69 bits per heavy atom. The number of piperazine rings is 1. The van der Waals surface area contributed by atoms with E-state index in [-0.39, 0.29) is 11.9 Å². The fourth-order valence-corrected chi connectivity index (χ4v) is 4.10. The Hall–Kier alpha value is -1.21. The first kappa shape index (κ1) is 19.5. The van der Waals surface area contributed by atoms with Crippen LogP contribution in [0.3, 0.4) is 0 Å². The molecule has 1 aliphatic heterocycles. The summed E-state index contributed by atoms with van der Waals surface area (Å²) in [4.78, 5) is 17.6. The minimum absolute atomic E-state index is 0.0565. The Morgan fingerprint density at radius 2 is 1.92 bits per heavy atom. The van der Waals surface area contributed by atoms with Gasteiger partial charge in [-0.25, -0.2) is 0 Å². The predicted molar refractivity (Wildman–Crippen MR) is 116 cm³/mol. The van der Waals surface area contributed by atoms with Crippen molar-refractivity contribution in [2.45, 2.75) is 18.5 Å². The molecule has 0 bridgehead atoms. The van der Waals surface area contributed by atoms with Crippen LogP contribution >= 0.6 is 25.3 Å². The number of carbonyl (C=O) groups excluding carboxylic acids is 1. The molecule has 2 aromatic rings. The fourth-order valence-electron chi connectivity index (χ4n) is 3.68. The second-order valence-electron chi connectivity index (χ2n) is 6.88. The number of rotatable bonds is 6. The highest BCUT2D eigenvalue weighted by Crippen LogP contribution is 2.22. The molecule has 0 saturated carbocycles. The van der Waals surface area contributed by atoms with E-state index in [4.69, 9.17) is 5.73 Å². The maximum Gasteiger partial charge on any atom is 0.254 e.